The number of thiophene rings is 1. The highest BCUT2D eigenvalue weighted by molar-refractivity contribution is 9.10. The Morgan fingerprint density at radius 3 is 2.65 bits per heavy atom. The lowest BCUT2D eigenvalue weighted by Gasteiger charge is -2.26. The van der Waals surface area contributed by atoms with Gasteiger partial charge in [0.25, 0.3) is 0 Å². The van der Waals surface area contributed by atoms with E-state index in [4.69, 9.17) is 5.11 Å². The molecule has 2 rings (SSSR count). The summed E-state index contributed by atoms with van der Waals surface area (Å²) >= 11 is 5.12. The third kappa shape index (κ3) is 4.16. The second-order valence-corrected chi connectivity index (χ2v) is 6.58. The molecule has 5 heteroatoms. The van der Waals surface area contributed by atoms with Crippen molar-refractivity contribution in [3.05, 3.63) is 56.7 Å². The van der Waals surface area contributed by atoms with Crippen molar-refractivity contribution in [3.63, 3.8) is 0 Å². The zero-order chi connectivity index (χ0) is 14.5. The van der Waals surface area contributed by atoms with E-state index in [9.17, 15) is 4.79 Å². The molecule has 0 bridgehead atoms. The summed E-state index contributed by atoms with van der Waals surface area (Å²) in [4.78, 5) is 14.4. The van der Waals surface area contributed by atoms with Gasteiger partial charge < -0.3 is 5.11 Å². The van der Waals surface area contributed by atoms with E-state index in [0.29, 0.717) is 0 Å². The molecule has 0 saturated carbocycles. The van der Waals surface area contributed by atoms with Crippen LogP contribution in [0.2, 0.25) is 0 Å². The largest absolute Gasteiger partial charge is 0.481 e. The van der Waals surface area contributed by atoms with Gasteiger partial charge in [0.15, 0.2) is 0 Å². The quantitative estimate of drug-likeness (QED) is 0.847. The lowest BCUT2D eigenvalue weighted by atomic mass is 10.0. The highest BCUT2D eigenvalue weighted by Gasteiger charge is 2.20. The van der Waals surface area contributed by atoms with E-state index < -0.39 is 5.97 Å². The molecule has 1 heterocycles. The standard InChI is InChI=1S/C15H16BrNO2S/c1-17(9-13-7-12(16)10-20-13)14(8-15(18)19)11-5-3-2-4-6-11/h2-7,10,14H,8-9H2,1H3,(H,18,19). The Morgan fingerprint density at radius 1 is 1.40 bits per heavy atom. The summed E-state index contributed by atoms with van der Waals surface area (Å²) in [7, 11) is 1.97. The number of carboxylic acid groups (broad SMARTS) is 1. The number of benzene rings is 1. The van der Waals surface area contributed by atoms with Crippen LogP contribution in [0.5, 0.6) is 0 Å². The molecule has 20 heavy (non-hydrogen) atoms. The van der Waals surface area contributed by atoms with Crippen LogP contribution in [0.3, 0.4) is 0 Å². The van der Waals surface area contributed by atoms with Crippen LogP contribution in [-0.2, 0) is 11.3 Å². The van der Waals surface area contributed by atoms with Crippen LogP contribution in [0.25, 0.3) is 0 Å². The summed E-state index contributed by atoms with van der Waals surface area (Å²) in [6.45, 7) is 0.739. The van der Waals surface area contributed by atoms with Gasteiger partial charge in [-0.05, 0) is 34.6 Å². The number of nitrogens with zero attached hydrogens (tertiary/aromatic N) is 1. The minimum atomic E-state index is -0.780. The molecule has 0 amide bonds. The van der Waals surface area contributed by atoms with Crippen LogP contribution < -0.4 is 0 Å². The Hall–Kier alpha value is -1.17. The lowest BCUT2D eigenvalue weighted by Crippen LogP contribution is -2.26. The van der Waals surface area contributed by atoms with Gasteiger partial charge in [-0.3, -0.25) is 9.69 Å². The van der Waals surface area contributed by atoms with Gasteiger partial charge in [0.1, 0.15) is 0 Å². The maximum absolute atomic E-state index is 11.1. The molecule has 0 aliphatic heterocycles. The summed E-state index contributed by atoms with van der Waals surface area (Å²) in [6.07, 6.45) is 0.104. The monoisotopic (exact) mass is 353 g/mol. The van der Waals surface area contributed by atoms with Crippen molar-refractivity contribution in [2.45, 2.75) is 19.0 Å². The Morgan fingerprint density at radius 2 is 2.10 bits per heavy atom. The van der Waals surface area contributed by atoms with Crippen molar-refractivity contribution in [2.24, 2.45) is 0 Å². The average molecular weight is 354 g/mol. The molecular formula is C15H16BrNO2S. The molecular weight excluding hydrogens is 338 g/mol. The molecule has 0 fully saturated rings. The number of halogens is 1. The van der Waals surface area contributed by atoms with Gasteiger partial charge in [-0.1, -0.05) is 30.3 Å². The van der Waals surface area contributed by atoms with E-state index in [0.717, 1.165) is 16.6 Å². The minimum absolute atomic E-state index is 0.104. The maximum Gasteiger partial charge on any atom is 0.305 e. The summed E-state index contributed by atoms with van der Waals surface area (Å²) in [5.41, 5.74) is 1.04. The highest BCUT2D eigenvalue weighted by Crippen LogP contribution is 2.27. The first-order valence-electron chi connectivity index (χ1n) is 6.26. The second-order valence-electron chi connectivity index (χ2n) is 4.67. The maximum atomic E-state index is 11.1. The van der Waals surface area contributed by atoms with E-state index >= 15 is 0 Å². The Bertz CT molecular complexity index is 570. The first-order chi connectivity index (χ1) is 9.56. The van der Waals surface area contributed by atoms with E-state index in [1.807, 2.05) is 42.8 Å². The normalized spacial score (nSPS) is 12.6. The Balaban J connectivity index is 2.15. The third-order valence-electron chi connectivity index (χ3n) is 3.11. The summed E-state index contributed by atoms with van der Waals surface area (Å²) in [5.74, 6) is -0.780. The number of rotatable bonds is 6. The van der Waals surface area contributed by atoms with Gasteiger partial charge >= 0.3 is 5.97 Å². The zero-order valence-corrected chi connectivity index (χ0v) is 13.5. The fraction of sp³-hybridized carbons (Fsp3) is 0.267. The molecule has 3 nitrogen and oxygen atoms in total. The molecule has 1 aromatic heterocycles. The van der Waals surface area contributed by atoms with Crippen molar-refractivity contribution in [1.82, 2.24) is 4.90 Å². The molecule has 0 spiro atoms. The number of aliphatic carboxylic acids is 1. The Labute approximate surface area is 131 Å². The first kappa shape index (κ1) is 15.2. The number of hydrogen-bond donors (Lipinski definition) is 1. The summed E-state index contributed by atoms with van der Waals surface area (Å²) in [6, 6.07) is 11.7. The fourth-order valence-corrected chi connectivity index (χ4v) is 3.67. The molecule has 2 aromatic rings. The van der Waals surface area contributed by atoms with Gasteiger partial charge in [-0.2, -0.15) is 0 Å². The van der Waals surface area contributed by atoms with Crippen LogP contribution in [-0.4, -0.2) is 23.0 Å². The van der Waals surface area contributed by atoms with Crippen molar-refractivity contribution >= 4 is 33.2 Å². The smallest absolute Gasteiger partial charge is 0.305 e. The predicted molar refractivity (Wildman–Crippen MR) is 84.9 cm³/mol. The highest BCUT2D eigenvalue weighted by atomic mass is 79.9. The molecule has 0 saturated heterocycles. The van der Waals surface area contributed by atoms with Gasteiger partial charge in [0, 0.05) is 27.3 Å². The van der Waals surface area contributed by atoms with Crippen LogP contribution in [0, 0.1) is 0 Å². The first-order valence-corrected chi connectivity index (χ1v) is 7.93. The molecule has 1 atom stereocenters. The number of hydrogen-bond acceptors (Lipinski definition) is 3. The molecule has 0 aliphatic rings. The van der Waals surface area contributed by atoms with Gasteiger partial charge in [0.2, 0.25) is 0 Å². The van der Waals surface area contributed by atoms with Gasteiger partial charge in [-0.15, -0.1) is 11.3 Å². The van der Waals surface area contributed by atoms with Crippen LogP contribution in [0.4, 0.5) is 0 Å². The van der Waals surface area contributed by atoms with Crippen LogP contribution >= 0.6 is 27.3 Å². The molecule has 1 N–H and O–H groups in total. The van der Waals surface area contributed by atoms with Crippen LogP contribution in [0.15, 0.2) is 46.3 Å². The third-order valence-corrected chi connectivity index (χ3v) is 4.79. The molecule has 106 valence electrons. The predicted octanol–water partition coefficient (Wildman–Crippen LogP) is 4.16. The van der Waals surface area contributed by atoms with Gasteiger partial charge in [0.05, 0.1) is 6.42 Å². The summed E-state index contributed by atoms with van der Waals surface area (Å²) in [5, 5.41) is 11.2. The topological polar surface area (TPSA) is 40.5 Å². The van der Waals surface area contributed by atoms with E-state index in [2.05, 4.69) is 26.9 Å². The second kappa shape index (κ2) is 7.02. The van der Waals surface area contributed by atoms with Crippen molar-refractivity contribution in [3.8, 4) is 0 Å². The fourth-order valence-electron chi connectivity index (χ4n) is 2.16. The Kier molecular flexibility index (Phi) is 5.34. The van der Waals surface area contributed by atoms with Gasteiger partial charge in [-0.25, -0.2) is 0 Å². The van der Waals surface area contributed by atoms with Crippen LogP contribution in [0.1, 0.15) is 22.9 Å². The summed E-state index contributed by atoms with van der Waals surface area (Å²) < 4.78 is 1.07. The SMILES string of the molecule is CN(Cc1cc(Br)cs1)C(CC(=O)O)c1ccccc1. The molecule has 1 aromatic carbocycles. The zero-order valence-electron chi connectivity index (χ0n) is 11.1. The van der Waals surface area contributed by atoms with Crippen molar-refractivity contribution in [1.29, 1.82) is 0 Å². The molecule has 1 unspecified atom stereocenters. The number of carboxylic acids is 1. The van der Waals surface area contributed by atoms with Crippen molar-refractivity contribution in [2.75, 3.05) is 7.05 Å². The molecule has 0 aliphatic carbocycles. The average Bonchev–Trinajstić information content (AvgIpc) is 2.82. The van der Waals surface area contributed by atoms with E-state index in [1.165, 1.54) is 4.88 Å². The van der Waals surface area contributed by atoms with Crippen molar-refractivity contribution < 1.29 is 9.90 Å². The lowest BCUT2D eigenvalue weighted by molar-refractivity contribution is -0.138. The molecule has 0 radical (unpaired) electrons. The number of carbonyl (C=O) groups is 1. The van der Waals surface area contributed by atoms with E-state index in [-0.39, 0.29) is 12.5 Å². The minimum Gasteiger partial charge on any atom is -0.481 e. The van der Waals surface area contributed by atoms with E-state index in [1.54, 1.807) is 11.3 Å².